The topological polar surface area (TPSA) is 64.6 Å². The Labute approximate surface area is 102 Å². The third-order valence-corrected chi connectivity index (χ3v) is 3.25. The maximum absolute atomic E-state index is 11.5. The van der Waals surface area contributed by atoms with E-state index in [1.54, 1.807) is 24.3 Å². The van der Waals surface area contributed by atoms with Gasteiger partial charge in [0.1, 0.15) is 5.75 Å². The molecular weight excluding hydrogens is 242 g/mol. The van der Waals surface area contributed by atoms with Crippen molar-refractivity contribution in [2.24, 2.45) is 0 Å². The van der Waals surface area contributed by atoms with Gasteiger partial charge in [-0.05, 0) is 31.2 Å². The Bertz CT molecular complexity index is 427. The molecule has 0 aliphatic carbocycles. The van der Waals surface area contributed by atoms with E-state index in [-0.39, 0.29) is 12.4 Å². The van der Waals surface area contributed by atoms with E-state index in [9.17, 15) is 8.42 Å². The first-order valence-corrected chi connectivity index (χ1v) is 6.95. The number of rotatable bonds is 7. The Morgan fingerprint density at radius 2 is 1.88 bits per heavy atom. The number of anilines is 1. The average Bonchev–Trinajstić information content (AvgIpc) is 2.29. The number of hydrogen-bond donors (Lipinski definition) is 1. The van der Waals surface area contributed by atoms with Crippen molar-refractivity contribution in [1.29, 1.82) is 0 Å². The minimum Gasteiger partial charge on any atom is -0.494 e. The third-order valence-electron chi connectivity index (χ3n) is 1.99. The highest BCUT2D eigenvalue weighted by Gasteiger charge is 2.09. The van der Waals surface area contributed by atoms with E-state index < -0.39 is 10.0 Å². The molecule has 0 bridgehead atoms. The summed E-state index contributed by atoms with van der Waals surface area (Å²) in [6.07, 6.45) is 0. The normalized spacial score (nSPS) is 11.2. The lowest BCUT2D eigenvalue weighted by Gasteiger charge is -2.08. The van der Waals surface area contributed by atoms with Gasteiger partial charge < -0.3 is 9.47 Å². The minimum atomic E-state index is -3.34. The van der Waals surface area contributed by atoms with Crippen molar-refractivity contribution in [3.8, 4) is 5.75 Å². The molecule has 0 aliphatic rings. The number of ether oxygens (including phenoxy) is 2. The summed E-state index contributed by atoms with van der Waals surface area (Å²) in [7, 11) is -1.87. The van der Waals surface area contributed by atoms with Crippen LogP contribution in [0.3, 0.4) is 0 Å². The number of methoxy groups -OCH3 is 1. The minimum absolute atomic E-state index is 0.0588. The first-order chi connectivity index (χ1) is 8.07. The van der Waals surface area contributed by atoms with Gasteiger partial charge in [0.2, 0.25) is 10.0 Å². The van der Waals surface area contributed by atoms with Gasteiger partial charge in [0.15, 0.2) is 0 Å². The van der Waals surface area contributed by atoms with E-state index in [1.165, 1.54) is 7.11 Å². The summed E-state index contributed by atoms with van der Waals surface area (Å²) in [4.78, 5) is 0. The molecule has 0 saturated heterocycles. The highest BCUT2D eigenvalue weighted by Crippen LogP contribution is 2.16. The molecule has 96 valence electrons. The fourth-order valence-electron chi connectivity index (χ4n) is 1.21. The molecule has 1 aromatic rings. The molecule has 0 heterocycles. The van der Waals surface area contributed by atoms with E-state index >= 15 is 0 Å². The van der Waals surface area contributed by atoms with Gasteiger partial charge in [-0.15, -0.1) is 0 Å². The van der Waals surface area contributed by atoms with Crippen molar-refractivity contribution in [2.75, 3.05) is 30.8 Å². The highest BCUT2D eigenvalue weighted by atomic mass is 32.2. The first-order valence-electron chi connectivity index (χ1n) is 5.29. The number of nitrogens with one attached hydrogen (secondary N) is 1. The smallest absolute Gasteiger partial charge is 0.234 e. The zero-order valence-corrected chi connectivity index (χ0v) is 10.8. The quantitative estimate of drug-likeness (QED) is 0.805. The Morgan fingerprint density at radius 1 is 1.24 bits per heavy atom. The Kier molecular flexibility index (Phi) is 5.24. The molecule has 0 atom stereocenters. The Morgan fingerprint density at radius 3 is 2.41 bits per heavy atom. The van der Waals surface area contributed by atoms with Gasteiger partial charge >= 0.3 is 0 Å². The third kappa shape index (κ3) is 5.06. The fourth-order valence-corrected chi connectivity index (χ4v) is 2.19. The zero-order valence-electron chi connectivity index (χ0n) is 9.97. The summed E-state index contributed by atoms with van der Waals surface area (Å²) in [6.45, 7) is 2.65. The fraction of sp³-hybridized carbons (Fsp3) is 0.455. The second kappa shape index (κ2) is 6.46. The molecule has 0 amide bonds. The SMILES string of the molecule is CCOc1ccc(NS(=O)(=O)CCOC)cc1. The molecule has 17 heavy (non-hydrogen) atoms. The predicted octanol–water partition coefficient (Wildman–Crippen LogP) is 1.47. The summed E-state index contributed by atoms with van der Waals surface area (Å²) < 4.78 is 35.5. The lowest BCUT2D eigenvalue weighted by atomic mass is 10.3. The van der Waals surface area contributed by atoms with E-state index in [2.05, 4.69) is 4.72 Å². The maximum Gasteiger partial charge on any atom is 0.234 e. The van der Waals surface area contributed by atoms with Crippen LogP contribution in [0.15, 0.2) is 24.3 Å². The first kappa shape index (κ1) is 13.8. The molecule has 0 aliphatic heterocycles. The standard InChI is InChI=1S/C11H17NO4S/c1-3-16-11-6-4-10(5-7-11)12-17(13,14)9-8-15-2/h4-7,12H,3,8-9H2,1-2H3. The number of sulfonamides is 1. The molecule has 1 rings (SSSR count). The maximum atomic E-state index is 11.5. The molecule has 0 radical (unpaired) electrons. The van der Waals surface area contributed by atoms with Crippen molar-refractivity contribution in [1.82, 2.24) is 0 Å². The van der Waals surface area contributed by atoms with Crippen molar-refractivity contribution < 1.29 is 17.9 Å². The van der Waals surface area contributed by atoms with Crippen LogP contribution >= 0.6 is 0 Å². The molecule has 6 heteroatoms. The van der Waals surface area contributed by atoms with Gasteiger partial charge in [-0.25, -0.2) is 8.42 Å². The molecule has 5 nitrogen and oxygen atoms in total. The van der Waals surface area contributed by atoms with Crippen molar-refractivity contribution >= 4 is 15.7 Å². The largest absolute Gasteiger partial charge is 0.494 e. The molecule has 1 aromatic carbocycles. The van der Waals surface area contributed by atoms with Crippen LogP contribution in [-0.4, -0.2) is 34.5 Å². The lowest BCUT2D eigenvalue weighted by Crippen LogP contribution is -2.19. The summed E-state index contributed by atoms with van der Waals surface area (Å²) in [5.41, 5.74) is 0.518. The van der Waals surface area contributed by atoms with Crippen LogP contribution in [0.1, 0.15) is 6.92 Å². The van der Waals surface area contributed by atoms with E-state index in [0.717, 1.165) is 0 Å². The van der Waals surface area contributed by atoms with Crippen LogP contribution in [0.2, 0.25) is 0 Å². The zero-order chi connectivity index (χ0) is 12.7. The van der Waals surface area contributed by atoms with E-state index in [4.69, 9.17) is 9.47 Å². The molecule has 0 saturated carbocycles. The van der Waals surface area contributed by atoms with Gasteiger partial charge in [-0.1, -0.05) is 0 Å². The lowest BCUT2D eigenvalue weighted by molar-refractivity contribution is 0.217. The Balaban J connectivity index is 2.62. The van der Waals surface area contributed by atoms with Crippen molar-refractivity contribution in [2.45, 2.75) is 6.92 Å². The molecule has 1 N–H and O–H groups in total. The number of hydrogen-bond acceptors (Lipinski definition) is 4. The Hall–Kier alpha value is -1.27. The average molecular weight is 259 g/mol. The van der Waals surface area contributed by atoms with Crippen LogP contribution in [0.5, 0.6) is 5.75 Å². The van der Waals surface area contributed by atoms with Gasteiger partial charge in [0.05, 0.1) is 19.0 Å². The molecule has 0 aromatic heterocycles. The van der Waals surface area contributed by atoms with Crippen LogP contribution < -0.4 is 9.46 Å². The van der Waals surface area contributed by atoms with Gasteiger partial charge in [-0.3, -0.25) is 4.72 Å². The molecule has 0 spiro atoms. The van der Waals surface area contributed by atoms with E-state index in [0.29, 0.717) is 18.0 Å². The van der Waals surface area contributed by atoms with Crippen molar-refractivity contribution in [3.05, 3.63) is 24.3 Å². The van der Waals surface area contributed by atoms with Crippen molar-refractivity contribution in [3.63, 3.8) is 0 Å². The summed E-state index contributed by atoms with van der Waals surface area (Å²) in [5.74, 6) is 0.656. The molecule has 0 fully saturated rings. The predicted molar refractivity (Wildman–Crippen MR) is 66.9 cm³/mol. The van der Waals surface area contributed by atoms with Gasteiger partial charge in [-0.2, -0.15) is 0 Å². The summed E-state index contributed by atoms with van der Waals surface area (Å²) in [6, 6.07) is 6.76. The van der Waals surface area contributed by atoms with Gasteiger partial charge in [0.25, 0.3) is 0 Å². The van der Waals surface area contributed by atoms with E-state index in [1.807, 2.05) is 6.92 Å². The van der Waals surface area contributed by atoms with Crippen LogP contribution in [0.25, 0.3) is 0 Å². The van der Waals surface area contributed by atoms with Crippen LogP contribution in [-0.2, 0) is 14.8 Å². The monoisotopic (exact) mass is 259 g/mol. The van der Waals surface area contributed by atoms with Crippen LogP contribution in [0, 0.1) is 0 Å². The molecule has 0 unspecified atom stereocenters. The second-order valence-corrected chi connectivity index (χ2v) is 5.21. The van der Waals surface area contributed by atoms with Crippen LogP contribution in [0.4, 0.5) is 5.69 Å². The van der Waals surface area contributed by atoms with Gasteiger partial charge in [0, 0.05) is 12.8 Å². The highest BCUT2D eigenvalue weighted by molar-refractivity contribution is 7.92. The molecular formula is C11H17NO4S. The summed E-state index contributed by atoms with van der Waals surface area (Å²) in [5, 5.41) is 0. The number of benzene rings is 1. The second-order valence-electron chi connectivity index (χ2n) is 3.37. The summed E-state index contributed by atoms with van der Waals surface area (Å²) >= 11 is 0.